The van der Waals surface area contributed by atoms with Crippen molar-refractivity contribution in [3.8, 4) is 0 Å². The molecule has 1 aromatic rings. The van der Waals surface area contributed by atoms with E-state index in [1.807, 2.05) is 0 Å². The van der Waals surface area contributed by atoms with E-state index in [1.54, 1.807) is 24.0 Å². The Morgan fingerprint density at radius 2 is 2.29 bits per heavy atom. The molecule has 0 radical (unpaired) electrons. The van der Waals surface area contributed by atoms with Gasteiger partial charge in [-0.25, -0.2) is 9.18 Å². The standard InChI is InChI=1S/C14H17FN2O4/c1-9-2-3-10(6-11(9)15)16-13(18)8-17-4-5-21-12(7-17)14(19)20/h2-3,6,12H,4-5,7-8H2,1H3,(H,16,18)(H,19,20). The zero-order valence-electron chi connectivity index (χ0n) is 11.6. The van der Waals surface area contributed by atoms with Crippen LogP contribution in [-0.2, 0) is 14.3 Å². The summed E-state index contributed by atoms with van der Waals surface area (Å²) < 4.78 is 18.5. The van der Waals surface area contributed by atoms with Gasteiger partial charge in [0.15, 0.2) is 6.10 Å². The number of anilines is 1. The number of ether oxygens (including phenoxy) is 1. The summed E-state index contributed by atoms with van der Waals surface area (Å²) in [5.74, 6) is -1.74. The fraction of sp³-hybridized carbons (Fsp3) is 0.429. The Balaban J connectivity index is 1.89. The van der Waals surface area contributed by atoms with Gasteiger partial charge in [-0.2, -0.15) is 0 Å². The molecule has 0 bridgehead atoms. The smallest absolute Gasteiger partial charge is 0.334 e. The largest absolute Gasteiger partial charge is 0.479 e. The van der Waals surface area contributed by atoms with E-state index in [-0.39, 0.29) is 31.4 Å². The number of aryl methyl sites for hydroxylation is 1. The topological polar surface area (TPSA) is 78.9 Å². The zero-order chi connectivity index (χ0) is 15.4. The monoisotopic (exact) mass is 296 g/mol. The van der Waals surface area contributed by atoms with Gasteiger partial charge in [0.2, 0.25) is 5.91 Å². The summed E-state index contributed by atoms with van der Waals surface area (Å²) in [5, 5.41) is 11.5. The number of morpholine rings is 1. The minimum atomic E-state index is -1.04. The number of carboxylic acids is 1. The van der Waals surface area contributed by atoms with Crippen LogP contribution in [-0.4, -0.2) is 54.2 Å². The predicted molar refractivity (Wildman–Crippen MR) is 73.6 cm³/mol. The Bertz CT molecular complexity index is 550. The molecule has 1 aliphatic heterocycles. The second kappa shape index (κ2) is 6.64. The van der Waals surface area contributed by atoms with Crippen LogP contribution in [0.4, 0.5) is 10.1 Å². The molecule has 1 saturated heterocycles. The number of benzene rings is 1. The van der Waals surface area contributed by atoms with Crippen molar-refractivity contribution in [1.82, 2.24) is 4.90 Å². The lowest BCUT2D eigenvalue weighted by Crippen LogP contribution is -2.48. The van der Waals surface area contributed by atoms with Crippen LogP contribution in [0.5, 0.6) is 0 Å². The lowest BCUT2D eigenvalue weighted by molar-refractivity contribution is -0.156. The number of amides is 1. The van der Waals surface area contributed by atoms with Gasteiger partial charge in [-0.15, -0.1) is 0 Å². The van der Waals surface area contributed by atoms with Crippen LogP contribution in [0.2, 0.25) is 0 Å². The minimum absolute atomic E-state index is 0.0443. The van der Waals surface area contributed by atoms with Gasteiger partial charge in [-0.05, 0) is 24.6 Å². The molecule has 1 aromatic carbocycles. The third-order valence-corrected chi connectivity index (χ3v) is 3.25. The number of hydrogen-bond donors (Lipinski definition) is 2. The van der Waals surface area contributed by atoms with Crippen molar-refractivity contribution in [2.75, 3.05) is 31.6 Å². The normalized spacial score (nSPS) is 19.2. The van der Waals surface area contributed by atoms with Crippen molar-refractivity contribution >= 4 is 17.6 Å². The molecule has 1 heterocycles. The number of carboxylic acid groups (broad SMARTS) is 1. The maximum atomic E-state index is 13.4. The molecule has 114 valence electrons. The highest BCUT2D eigenvalue weighted by Crippen LogP contribution is 2.13. The molecule has 0 aromatic heterocycles. The number of rotatable bonds is 4. The molecular weight excluding hydrogens is 279 g/mol. The maximum Gasteiger partial charge on any atom is 0.334 e. The third kappa shape index (κ3) is 4.24. The molecule has 0 aliphatic carbocycles. The van der Waals surface area contributed by atoms with Crippen LogP contribution in [0, 0.1) is 12.7 Å². The maximum absolute atomic E-state index is 13.4. The van der Waals surface area contributed by atoms with E-state index in [9.17, 15) is 14.0 Å². The van der Waals surface area contributed by atoms with Gasteiger partial charge < -0.3 is 15.2 Å². The molecule has 2 N–H and O–H groups in total. The molecule has 1 amide bonds. The number of halogens is 1. The Kier molecular flexibility index (Phi) is 4.87. The number of carbonyl (C=O) groups is 2. The fourth-order valence-corrected chi connectivity index (χ4v) is 2.07. The number of hydrogen-bond acceptors (Lipinski definition) is 4. The third-order valence-electron chi connectivity index (χ3n) is 3.25. The quantitative estimate of drug-likeness (QED) is 0.861. The van der Waals surface area contributed by atoms with Crippen LogP contribution in [0.15, 0.2) is 18.2 Å². The van der Waals surface area contributed by atoms with E-state index in [0.29, 0.717) is 17.8 Å². The van der Waals surface area contributed by atoms with Crippen molar-refractivity contribution in [2.24, 2.45) is 0 Å². The molecule has 1 fully saturated rings. The highest BCUT2D eigenvalue weighted by Gasteiger charge is 2.27. The Morgan fingerprint density at radius 3 is 2.95 bits per heavy atom. The number of carbonyl (C=O) groups excluding carboxylic acids is 1. The minimum Gasteiger partial charge on any atom is -0.479 e. The first kappa shape index (κ1) is 15.4. The van der Waals surface area contributed by atoms with E-state index in [0.717, 1.165) is 0 Å². The first-order valence-electron chi connectivity index (χ1n) is 6.58. The highest BCUT2D eigenvalue weighted by atomic mass is 19.1. The lowest BCUT2D eigenvalue weighted by Gasteiger charge is -2.30. The van der Waals surface area contributed by atoms with E-state index in [1.165, 1.54) is 6.07 Å². The van der Waals surface area contributed by atoms with E-state index < -0.39 is 12.1 Å². The number of nitrogens with one attached hydrogen (secondary N) is 1. The van der Waals surface area contributed by atoms with Crippen molar-refractivity contribution in [2.45, 2.75) is 13.0 Å². The summed E-state index contributed by atoms with van der Waals surface area (Å²) in [6.07, 6.45) is -0.914. The molecule has 7 heteroatoms. The summed E-state index contributed by atoms with van der Waals surface area (Å²) in [6.45, 7) is 2.59. The number of aliphatic carboxylic acids is 1. The molecule has 1 aliphatic rings. The van der Waals surface area contributed by atoms with E-state index >= 15 is 0 Å². The van der Waals surface area contributed by atoms with Gasteiger partial charge >= 0.3 is 5.97 Å². The van der Waals surface area contributed by atoms with Gasteiger partial charge in [0.1, 0.15) is 5.82 Å². The Hall–Kier alpha value is -1.99. The Morgan fingerprint density at radius 1 is 1.52 bits per heavy atom. The van der Waals surface area contributed by atoms with Crippen LogP contribution in [0.1, 0.15) is 5.56 Å². The first-order valence-corrected chi connectivity index (χ1v) is 6.58. The van der Waals surface area contributed by atoms with Gasteiger partial charge in [0.05, 0.1) is 13.2 Å². The zero-order valence-corrected chi connectivity index (χ0v) is 11.6. The number of nitrogens with zero attached hydrogens (tertiary/aromatic N) is 1. The summed E-state index contributed by atoms with van der Waals surface area (Å²) in [7, 11) is 0. The van der Waals surface area contributed by atoms with Gasteiger partial charge in [-0.1, -0.05) is 6.07 Å². The first-order chi connectivity index (χ1) is 9.95. The lowest BCUT2D eigenvalue weighted by atomic mass is 10.2. The molecule has 21 heavy (non-hydrogen) atoms. The molecule has 0 spiro atoms. The van der Waals surface area contributed by atoms with Gasteiger partial charge in [0.25, 0.3) is 0 Å². The van der Waals surface area contributed by atoms with Crippen molar-refractivity contribution in [3.63, 3.8) is 0 Å². The summed E-state index contributed by atoms with van der Waals surface area (Å²) in [4.78, 5) is 24.4. The summed E-state index contributed by atoms with van der Waals surface area (Å²) in [5.41, 5.74) is 0.886. The van der Waals surface area contributed by atoms with Crippen molar-refractivity contribution in [1.29, 1.82) is 0 Å². The predicted octanol–water partition coefficient (Wildman–Crippen LogP) is 0.858. The second-order valence-electron chi connectivity index (χ2n) is 4.94. The second-order valence-corrected chi connectivity index (χ2v) is 4.94. The van der Waals surface area contributed by atoms with E-state index in [2.05, 4.69) is 5.32 Å². The molecule has 6 nitrogen and oxygen atoms in total. The molecular formula is C14H17FN2O4. The van der Waals surface area contributed by atoms with Crippen molar-refractivity contribution in [3.05, 3.63) is 29.6 Å². The van der Waals surface area contributed by atoms with Crippen molar-refractivity contribution < 1.29 is 23.8 Å². The highest BCUT2D eigenvalue weighted by molar-refractivity contribution is 5.92. The van der Waals surface area contributed by atoms with Crippen LogP contribution < -0.4 is 5.32 Å². The van der Waals surface area contributed by atoms with Crippen LogP contribution >= 0.6 is 0 Å². The SMILES string of the molecule is Cc1ccc(NC(=O)CN2CCOC(C(=O)O)C2)cc1F. The molecule has 1 unspecified atom stereocenters. The summed E-state index contributed by atoms with van der Waals surface area (Å²) >= 11 is 0. The van der Waals surface area contributed by atoms with E-state index in [4.69, 9.17) is 9.84 Å². The fourth-order valence-electron chi connectivity index (χ4n) is 2.07. The Labute approximate surface area is 121 Å². The van der Waals surface area contributed by atoms with Gasteiger partial charge in [0, 0.05) is 18.8 Å². The molecule has 1 atom stereocenters. The molecule has 0 saturated carbocycles. The average Bonchev–Trinajstić information content (AvgIpc) is 2.43. The summed E-state index contributed by atoms with van der Waals surface area (Å²) in [6, 6.07) is 4.46. The average molecular weight is 296 g/mol. The van der Waals surface area contributed by atoms with Crippen LogP contribution in [0.25, 0.3) is 0 Å². The van der Waals surface area contributed by atoms with Crippen LogP contribution in [0.3, 0.4) is 0 Å². The molecule has 2 rings (SSSR count). The van der Waals surface area contributed by atoms with Gasteiger partial charge in [-0.3, -0.25) is 9.69 Å².